The number of fused-ring (bicyclic) bond motifs is 4. The number of carbonyl (C=O) groups is 1. The van der Waals surface area contributed by atoms with E-state index in [9.17, 15) is 9.59 Å². The van der Waals surface area contributed by atoms with Crippen LogP contribution in [-0.4, -0.2) is 10.9 Å². The van der Waals surface area contributed by atoms with E-state index in [1.165, 1.54) is 6.07 Å². The van der Waals surface area contributed by atoms with Crippen LogP contribution >= 0.6 is 0 Å². The molecular weight excluding hydrogens is 416 g/mol. The lowest BCUT2D eigenvalue weighted by Crippen LogP contribution is -2.21. The maximum Gasteiger partial charge on any atom is 0.349 e. The molecule has 0 saturated heterocycles. The lowest BCUT2D eigenvalue weighted by atomic mass is 10.1. The third-order valence-electron chi connectivity index (χ3n) is 5.58. The molecule has 6 heteroatoms. The molecule has 0 fully saturated rings. The molecular formula is C27H16N2O4. The Morgan fingerprint density at radius 3 is 2.42 bits per heavy atom. The molecule has 33 heavy (non-hydrogen) atoms. The first kappa shape index (κ1) is 19.0. The van der Waals surface area contributed by atoms with Crippen LogP contribution in [0, 0.1) is 0 Å². The van der Waals surface area contributed by atoms with Crippen LogP contribution in [0.25, 0.3) is 44.3 Å². The summed E-state index contributed by atoms with van der Waals surface area (Å²) in [5.41, 5.74) is 2.14. The Morgan fingerprint density at radius 2 is 1.52 bits per heavy atom. The largest absolute Gasteiger partial charge is 0.436 e. The molecule has 158 valence electrons. The van der Waals surface area contributed by atoms with E-state index in [2.05, 4.69) is 5.32 Å². The molecule has 6 aromatic rings. The maximum absolute atomic E-state index is 13.0. The van der Waals surface area contributed by atoms with Gasteiger partial charge in [0, 0.05) is 10.8 Å². The fourth-order valence-corrected chi connectivity index (χ4v) is 3.97. The van der Waals surface area contributed by atoms with Gasteiger partial charge >= 0.3 is 5.63 Å². The van der Waals surface area contributed by atoms with Gasteiger partial charge in [0.25, 0.3) is 5.91 Å². The van der Waals surface area contributed by atoms with Crippen molar-refractivity contribution in [2.75, 3.05) is 5.32 Å². The molecule has 0 aliphatic heterocycles. The number of hydrogen-bond donors (Lipinski definition) is 1. The summed E-state index contributed by atoms with van der Waals surface area (Å²) >= 11 is 0. The molecule has 1 amide bonds. The molecule has 4 aromatic carbocycles. The summed E-state index contributed by atoms with van der Waals surface area (Å²) in [4.78, 5) is 30.1. The van der Waals surface area contributed by atoms with Crippen molar-refractivity contribution < 1.29 is 13.6 Å². The van der Waals surface area contributed by atoms with E-state index in [1.54, 1.807) is 30.3 Å². The minimum Gasteiger partial charge on any atom is -0.436 e. The van der Waals surface area contributed by atoms with Crippen molar-refractivity contribution >= 4 is 44.4 Å². The highest BCUT2D eigenvalue weighted by Gasteiger charge is 2.18. The van der Waals surface area contributed by atoms with Crippen LogP contribution in [0.5, 0.6) is 0 Å². The van der Waals surface area contributed by atoms with E-state index in [0.29, 0.717) is 33.7 Å². The normalized spacial score (nSPS) is 11.3. The van der Waals surface area contributed by atoms with Gasteiger partial charge in [0.1, 0.15) is 16.7 Å². The van der Waals surface area contributed by atoms with Crippen molar-refractivity contribution in [2.45, 2.75) is 0 Å². The van der Waals surface area contributed by atoms with Crippen molar-refractivity contribution in [3.8, 4) is 11.5 Å². The smallest absolute Gasteiger partial charge is 0.349 e. The predicted octanol–water partition coefficient (Wildman–Crippen LogP) is 6.01. The molecule has 6 rings (SSSR count). The first-order valence-electron chi connectivity index (χ1n) is 10.4. The van der Waals surface area contributed by atoms with Gasteiger partial charge in [0.05, 0.1) is 11.3 Å². The van der Waals surface area contributed by atoms with Crippen LogP contribution in [-0.2, 0) is 0 Å². The Hall–Kier alpha value is -4.71. The topological polar surface area (TPSA) is 85.3 Å². The zero-order chi connectivity index (χ0) is 22.4. The van der Waals surface area contributed by atoms with E-state index >= 15 is 0 Å². The van der Waals surface area contributed by atoms with Gasteiger partial charge in [-0.2, -0.15) is 0 Å². The number of nitrogens with zero attached hydrogens (tertiary/aromatic N) is 1. The fourth-order valence-electron chi connectivity index (χ4n) is 3.97. The minimum atomic E-state index is -0.697. The number of rotatable bonds is 3. The number of carbonyl (C=O) groups excluding carboxylic acids is 1. The number of para-hydroxylation sites is 2. The molecule has 0 bridgehead atoms. The number of amides is 1. The summed E-state index contributed by atoms with van der Waals surface area (Å²) in [5, 5.41) is 5.53. The van der Waals surface area contributed by atoms with Gasteiger partial charge in [-0.3, -0.25) is 4.79 Å². The summed E-state index contributed by atoms with van der Waals surface area (Å²) < 4.78 is 11.3. The van der Waals surface area contributed by atoms with Gasteiger partial charge < -0.3 is 14.2 Å². The van der Waals surface area contributed by atoms with Gasteiger partial charge in [-0.25, -0.2) is 9.78 Å². The summed E-state index contributed by atoms with van der Waals surface area (Å²) in [7, 11) is 0. The van der Waals surface area contributed by atoms with Crippen LogP contribution in [0.2, 0.25) is 0 Å². The molecule has 0 aliphatic carbocycles. The van der Waals surface area contributed by atoms with Crippen LogP contribution in [0.3, 0.4) is 0 Å². The highest BCUT2D eigenvalue weighted by molar-refractivity contribution is 6.08. The van der Waals surface area contributed by atoms with E-state index in [0.717, 1.165) is 16.3 Å². The van der Waals surface area contributed by atoms with Crippen LogP contribution in [0.4, 0.5) is 5.69 Å². The average Bonchev–Trinajstić information content (AvgIpc) is 3.29. The molecule has 0 atom stereocenters. The average molecular weight is 432 g/mol. The third-order valence-corrected chi connectivity index (χ3v) is 5.58. The zero-order valence-corrected chi connectivity index (χ0v) is 17.2. The minimum absolute atomic E-state index is 0.0768. The number of anilines is 1. The Labute approximate surface area is 187 Å². The molecule has 6 nitrogen and oxygen atoms in total. The summed E-state index contributed by atoms with van der Waals surface area (Å²) in [5.74, 6) is -0.189. The first-order valence-corrected chi connectivity index (χ1v) is 10.4. The molecule has 2 heterocycles. The summed E-state index contributed by atoms with van der Waals surface area (Å²) in [6.45, 7) is 0. The Bertz CT molecular complexity index is 1750. The highest BCUT2D eigenvalue weighted by Crippen LogP contribution is 2.33. The van der Waals surface area contributed by atoms with Crippen LogP contribution in [0.15, 0.2) is 105 Å². The second-order valence-corrected chi connectivity index (χ2v) is 7.64. The van der Waals surface area contributed by atoms with E-state index < -0.39 is 11.5 Å². The number of nitrogens with one attached hydrogen (secondary N) is 1. The second-order valence-electron chi connectivity index (χ2n) is 7.64. The Morgan fingerprint density at radius 1 is 0.758 bits per heavy atom. The number of oxazole rings is 1. The molecule has 0 aliphatic rings. The standard InChI is InChI=1S/C27H16N2O4/c30-25(20-15-17-8-2-6-12-22(17)33-27(20)31)28-21-11-5-4-10-19(21)26-29-24-18-9-3-1-7-16(18)13-14-23(24)32-26/h1-15H,(H,28,30). The molecule has 0 spiro atoms. The third kappa shape index (κ3) is 3.25. The summed E-state index contributed by atoms with van der Waals surface area (Å²) in [6, 6.07) is 27.6. The van der Waals surface area contributed by atoms with Gasteiger partial charge in [0.2, 0.25) is 5.89 Å². The van der Waals surface area contributed by atoms with Crippen LogP contribution in [0.1, 0.15) is 10.4 Å². The van der Waals surface area contributed by atoms with Crippen molar-refractivity contribution in [1.82, 2.24) is 4.98 Å². The lowest BCUT2D eigenvalue weighted by Gasteiger charge is -2.08. The van der Waals surface area contributed by atoms with Gasteiger partial charge in [-0.15, -0.1) is 0 Å². The Kier molecular flexibility index (Phi) is 4.30. The highest BCUT2D eigenvalue weighted by atomic mass is 16.4. The van der Waals surface area contributed by atoms with Crippen molar-refractivity contribution in [3.63, 3.8) is 0 Å². The van der Waals surface area contributed by atoms with Crippen molar-refractivity contribution in [2.24, 2.45) is 0 Å². The molecule has 0 saturated carbocycles. The van der Waals surface area contributed by atoms with E-state index in [-0.39, 0.29) is 5.56 Å². The van der Waals surface area contributed by atoms with Crippen molar-refractivity contribution in [1.29, 1.82) is 0 Å². The monoisotopic (exact) mass is 432 g/mol. The molecule has 0 unspecified atom stereocenters. The van der Waals surface area contributed by atoms with Crippen LogP contribution < -0.4 is 10.9 Å². The molecule has 0 radical (unpaired) electrons. The van der Waals surface area contributed by atoms with E-state index in [1.807, 2.05) is 54.6 Å². The fraction of sp³-hybridized carbons (Fsp3) is 0. The van der Waals surface area contributed by atoms with E-state index in [4.69, 9.17) is 13.8 Å². The number of aromatic nitrogens is 1. The lowest BCUT2D eigenvalue weighted by molar-refractivity contribution is 0.102. The number of hydrogen-bond acceptors (Lipinski definition) is 5. The predicted molar refractivity (Wildman–Crippen MR) is 127 cm³/mol. The summed E-state index contributed by atoms with van der Waals surface area (Å²) in [6.07, 6.45) is 0. The Balaban J connectivity index is 1.41. The van der Waals surface area contributed by atoms with Gasteiger partial charge in [-0.1, -0.05) is 60.7 Å². The number of benzene rings is 4. The molecule has 2 aromatic heterocycles. The van der Waals surface area contributed by atoms with Gasteiger partial charge in [-0.05, 0) is 35.7 Å². The quantitative estimate of drug-likeness (QED) is 0.346. The maximum atomic E-state index is 13.0. The first-order chi connectivity index (χ1) is 16.2. The van der Waals surface area contributed by atoms with Gasteiger partial charge in [0.15, 0.2) is 5.58 Å². The SMILES string of the molecule is O=C(Nc1ccccc1-c1nc2c(ccc3ccccc32)o1)c1cc2ccccc2oc1=O. The zero-order valence-electron chi connectivity index (χ0n) is 17.2. The molecule has 1 N–H and O–H groups in total. The van der Waals surface area contributed by atoms with Crippen molar-refractivity contribution in [3.05, 3.63) is 107 Å². The second kappa shape index (κ2) is 7.46.